The first-order chi connectivity index (χ1) is 12.7. The molecule has 0 fully saturated rings. The normalized spacial score (nSPS) is 14.2. The highest BCUT2D eigenvalue weighted by Gasteiger charge is 2.25. The van der Waals surface area contributed by atoms with Gasteiger partial charge in [0.2, 0.25) is 0 Å². The smallest absolute Gasteiger partial charge is 0.382 e. The topological polar surface area (TPSA) is 135 Å². The Morgan fingerprint density at radius 3 is 2.78 bits per heavy atom. The quantitative estimate of drug-likeness (QED) is 0.340. The van der Waals surface area contributed by atoms with Gasteiger partial charge in [0.05, 0.1) is 12.9 Å². The van der Waals surface area contributed by atoms with Gasteiger partial charge in [0.25, 0.3) is 0 Å². The number of ether oxygens (including phenoxy) is 1. The van der Waals surface area contributed by atoms with Crippen LogP contribution in [0.5, 0.6) is 5.75 Å². The van der Waals surface area contributed by atoms with E-state index in [2.05, 4.69) is 19.6 Å². The first-order valence-electron chi connectivity index (χ1n) is 7.72. The van der Waals surface area contributed by atoms with E-state index in [-0.39, 0.29) is 18.2 Å². The van der Waals surface area contributed by atoms with Crippen molar-refractivity contribution in [3.63, 3.8) is 0 Å². The number of nitrogens with two attached hydrogens (primary N) is 1. The fourth-order valence-corrected chi connectivity index (χ4v) is 2.62. The average Bonchev–Trinajstić information content (AvgIpc) is 3.05. The Hall–Kier alpha value is -2.23. The van der Waals surface area contributed by atoms with E-state index >= 15 is 0 Å². The summed E-state index contributed by atoms with van der Waals surface area (Å²) in [5.74, 6) is 0.477. The Balaban J connectivity index is 1.79. The first-order valence-corrected chi connectivity index (χ1v) is 10.2. The highest BCUT2D eigenvalue weighted by molar-refractivity contribution is 7.80. The Labute approximate surface area is 159 Å². The van der Waals surface area contributed by atoms with Gasteiger partial charge in [-0.15, -0.1) is 0 Å². The fraction of sp³-hybridized carbons (Fsp3) is 0.267. The van der Waals surface area contributed by atoms with Gasteiger partial charge < -0.3 is 20.3 Å². The number of fused-ring (bicyclic) bond motifs is 1. The number of aromatic nitrogens is 4. The SMILES string of the molecule is CC(C)(OCc1ccccc1OOP(=O)(O)Cl)n1cnc2c(N)ncnc21. The minimum atomic E-state index is -4.30. The van der Waals surface area contributed by atoms with Crippen LogP contribution in [0, 0.1) is 0 Å². The first kappa shape index (κ1) is 19.5. The van der Waals surface area contributed by atoms with Crippen LogP contribution in [0.4, 0.5) is 5.82 Å². The summed E-state index contributed by atoms with van der Waals surface area (Å²) in [4.78, 5) is 26.2. The lowest BCUT2D eigenvalue weighted by molar-refractivity contribution is -0.112. The molecule has 3 N–H and O–H groups in total. The summed E-state index contributed by atoms with van der Waals surface area (Å²) in [6.45, 7) is -0.548. The summed E-state index contributed by atoms with van der Waals surface area (Å²) >= 11 is 5.12. The highest BCUT2D eigenvalue weighted by atomic mass is 35.7. The molecular weight excluding hydrogens is 397 g/mol. The second-order valence-electron chi connectivity index (χ2n) is 6.00. The summed E-state index contributed by atoms with van der Waals surface area (Å²) in [5.41, 5.74) is 6.56. The molecule has 1 unspecified atom stereocenters. The molecule has 2 aromatic heterocycles. The molecule has 1 atom stereocenters. The van der Waals surface area contributed by atoms with Crippen LogP contribution in [0.1, 0.15) is 19.4 Å². The third-order valence-corrected chi connectivity index (χ3v) is 4.14. The minimum absolute atomic E-state index is 0.102. The summed E-state index contributed by atoms with van der Waals surface area (Å²) in [6, 6.07) is 6.71. The minimum Gasteiger partial charge on any atom is -0.382 e. The third-order valence-electron chi connectivity index (χ3n) is 3.71. The van der Waals surface area contributed by atoms with Gasteiger partial charge >= 0.3 is 6.95 Å². The van der Waals surface area contributed by atoms with Crippen LogP contribution in [-0.4, -0.2) is 24.4 Å². The molecule has 0 aliphatic rings. The van der Waals surface area contributed by atoms with E-state index in [0.29, 0.717) is 16.7 Å². The molecule has 10 nitrogen and oxygen atoms in total. The maximum atomic E-state index is 11.0. The lowest BCUT2D eigenvalue weighted by atomic mass is 10.2. The monoisotopic (exact) mass is 413 g/mol. The molecule has 3 aromatic rings. The number of anilines is 1. The van der Waals surface area contributed by atoms with Crippen molar-refractivity contribution in [3.05, 3.63) is 42.5 Å². The predicted molar refractivity (Wildman–Crippen MR) is 97.7 cm³/mol. The van der Waals surface area contributed by atoms with E-state index < -0.39 is 12.7 Å². The van der Waals surface area contributed by atoms with Crippen molar-refractivity contribution in [2.24, 2.45) is 0 Å². The lowest BCUT2D eigenvalue weighted by Gasteiger charge is -2.27. The second kappa shape index (κ2) is 7.41. The number of nitrogen functional groups attached to an aromatic ring is 1. The molecule has 144 valence electrons. The molecule has 0 amide bonds. The number of halogens is 1. The maximum absolute atomic E-state index is 11.0. The molecule has 0 saturated carbocycles. The number of benzene rings is 1. The van der Waals surface area contributed by atoms with Crippen molar-refractivity contribution in [1.82, 2.24) is 19.5 Å². The summed E-state index contributed by atoms with van der Waals surface area (Å²) < 4.78 is 23.1. The van der Waals surface area contributed by atoms with Crippen molar-refractivity contribution >= 4 is 35.2 Å². The molecule has 0 bridgehead atoms. The Morgan fingerprint density at radius 2 is 2.04 bits per heavy atom. The molecule has 12 heteroatoms. The van der Waals surface area contributed by atoms with Crippen molar-refractivity contribution in [2.45, 2.75) is 26.2 Å². The molecule has 1 aromatic carbocycles. The van der Waals surface area contributed by atoms with Crippen LogP contribution in [-0.2, 0) is 26.3 Å². The third kappa shape index (κ3) is 4.55. The number of nitrogens with zero attached hydrogens (tertiary/aromatic N) is 4. The van der Waals surface area contributed by atoms with Gasteiger partial charge in [0.15, 0.2) is 17.2 Å². The zero-order valence-corrected chi connectivity index (χ0v) is 16.1. The van der Waals surface area contributed by atoms with E-state index in [1.807, 2.05) is 13.8 Å². The summed E-state index contributed by atoms with van der Waals surface area (Å²) in [5, 5.41) is 0. The van der Waals surface area contributed by atoms with Gasteiger partial charge in [-0.05, 0) is 19.9 Å². The molecule has 27 heavy (non-hydrogen) atoms. The maximum Gasteiger partial charge on any atom is 0.457 e. The van der Waals surface area contributed by atoms with E-state index in [0.717, 1.165) is 0 Å². The Morgan fingerprint density at radius 1 is 1.30 bits per heavy atom. The largest absolute Gasteiger partial charge is 0.457 e. The summed E-state index contributed by atoms with van der Waals surface area (Å²) in [6.07, 6.45) is 2.92. The number of imidazole rings is 1. The van der Waals surface area contributed by atoms with Crippen LogP contribution in [0.3, 0.4) is 0 Å². The Kier molecular flexibility index (Phi) is 5.36. The second-order valence-corrected chi connectivity index (χ2v) is 8.33. The predicted octanol–water partition coefficient (Wildman–Crippen LogP) is 2.97. The zero-order chi connectivity index (χ0) is 19.7. The van der Waals surface area contributed by atoms with E-state index in [1.54, 1.807) is 35.2 Å². The van der Waals surface area contributed by atoms with Crippen LogP contribution in [0.15, 0.2) is 36.9 Å². The number of hydrogen-bond acceptors (Lipinski definition) is 8. The highest BCUT2D eigenvalue weighted by Crippen LogP contribution is 2.47. The van der Waals surface area contributed by atoms with E-state index in [4.69, 9.17) is 31.5 Å². The zero-order valence-electron chi connectivity index (χ0n) is 14.4. The molecule has 0 spiro atoms. The van der Waals surface area contributed by atoms with Crippen molar-refractivity contribution in [2.75, 3.05) is 5.73 Å². The molecule has 0 aliphatic carbocycles. The number of rotatable bonds is 7. The molecule has 0 saturated heterocycles. The van der Waals surface area contributed by atoms with Crippen LogP contribution in [0.2, 0.25) is 0 Å². The van der Waals surface area contributed by atoms with Gasteiger partial charge in [-0.3, -0.25) is 4.57 Å². The standard InChI is InChI=1S/C15H17ClN5O5P/c1-15(2,21-9-20-12-13(17)18-8-19-14(12)21)24-7-10-5-3-4-6-11(10)25-26-27(16,22)23/h3-6,8-9H,7H2,1-2H3,(H,22,23)(H2,17,18,19). The van der Waals surface area contributed by atoms with Crippen molar-refractivity contribution in [3.8, 4) is 5.75 Å². The fourth-order valence-electron chi connectivity index (χ4n) is 2.36. The van der Waals surface area contributed by atoms with Gasteiger partial charge in [0, 0.05) is 16.8 Å². The number of para-hydroxylation sites is 1. The molecular formula is C15H17ClN5O5P. The van der Waals surface area contributed by atoms with E-state index in [1.165, 1.54) is 6.33 Å². The van der Waals surface area contributed by atoms with Gasteiger partial charge in [0.1, 0.15) is 17.6 Å². The molecule has 3 rings (SSSR count). The average molecular weight is 414 g/mol. The number of hydrogen-bond donors (Lipinski definition) is 2. The van der Waals surface area contributed by atoms with Crippen LogP contribution < -0.4 is 10.6 Å². The van der Waals surface area contributed by atoms with Gasteiger partial charge in [-0.25, -0.2) is 19.5 Å². The van der Waals surface area contributed by atoms with Gasteiger partial charge in [-0.2, -0.15) is 0 Å². The van der Waals surface area contributed by atoms with Crippen LogP contribution in [0.25, 0.3) is 11.2 Å². The van der Waals surface area contributed by atoms with Crippen molar-refractivity contribution in [1.29, 1.82) is 0 Å². The molecule has 0 aliphatic heterocycles. The van der Waals surface area contributed by atoms with Crippen molar-refractivity contribution < 1.29 is 23.8 Å². The lowest BCUT2D eigenvalue weighted by Crippen LogP contribution is -2.29. The van der Waals surface area contributed by atoms with E-state index in [9.17, 15) is 4.57 Å². The van der Waals surface area contributed by atoms with Crippen LogP contribution >= 0.6 is 18.2 Å². The summed E-state index contributed by atoms with van der Waals surface area (Å²) in [7, 11) is 0. The Bertz CT molecular complexity index is 1010. The molecule has 2 heterocycles. The molecule has 0 radical (unpaired) electrons. The van der Waals surface area contributed by atoms with Gasteiger partial charge in [-0.1, -0.05) is 22.9 Å².